The topological polar surface area (TPSA) is 29.5 Å². The van der Waals surface area contributed by atoms with E-state index >= 15 is 0 Å². The molecule has 0 amide bonds. The Morgan fingerprint density at radius 1 is 1.47 bits per heavy atom. The first-order valence-corrected chi connectivity index (χ1v) is 6.85. The summed E-state index contributed by atoms with van der Waals surface area (Å²) in [4.78, 5) is 0. The van der Waals surface area contributed by atoms with Gasteiger partial charge in [0.25, 0.3) is 0 Å². The highest BCUT2D eigenvalue weighted by molar-refractivity contribution is 5.27. The molecule has 0 aromatic heterocycles. The molecule has 1 aliphatic carbocycles. The summed E-state index contributed by atoms with van der Waals surface area (Å²) in [6, 6.07) is 7.69. The average Bonchev–Trinajstić information content (AvgIpc) is 2.80. The maximum absolute atomic E-state index is 13.4. The van der Waals surface area contributed by atoms with Gasteiger partial charge >= 0.3 is 0 Å². The summed E-state index contributed by atoms with van der Waals surface area (Å²) in [6.07, 6.45) is 4.47. The van der Waals surface area contributed by atoms with Gasteiger partial charge in [-0.25, -0.2) is 4.39 Å². The lowest BCUT2D eigenvalue weighted by molar-refractivity contribution is 0.143. The maximum Gasteiger partial charge on any atom is 0.119 e. The third kappa shape index (κ3) is 4.35. The van der Waals surface area contributed by atoms with Crippen LogP contribution in [0.5, 0.6) is 5.75 Å². The number of ether oxygens (including phenoxy) is 1. The Bertz CT molecular complexity index is 431. The van der Waals surface area contributed by atoms with Gasteiger partial charge in [0.2, 0.25) is 0 Å². The predicted octanol–water partition coefficient (Wildman–Crippen LogP) is 3.43. The Morgan fingerprint density at radius 2 is 2.32 bits per heavy atom. The first kappa shape index (κ1) is 14.1. The van der Waals surface area contributed by atoms with Gasteiger partial charge in [0, 0.05) is 5.92 Å². The molecule has 0 saturated heterocycles. The Labute approximate surface area is 113 Å². The van der Waals surface area contributed by atoms with Crippen LogP contribution in [0.25, 0.3) is 0 Å². The largest absolute Gasteiger partial charge is 0.491 e. The van der Waals surface area contributed by atoms with Crippen LogP contribution in [0.1, 0.15) is 24.8 Å². The van der Waals surface area contributed by atoms with Crippen LogP contribution >= 0.6 is 0 Å². The van der Waals surface area contributed by atoms with E-state index in [0.717, 1.165) is 24.2 Å². The molecule has 1 aromatic carbocycles. The quantitative estimate of drug-likeness (QED) is 0.826. The molecule has 1 aliphatic rings. The maximum atomic E-state index is 13.4. The molecule has 1 N–H and O–H groups in total. The molecule has 3 atom stereocenters. The Kier molecular flexibility index (Phi) is 4.97. The second kappa shape index (κ2) is 6.71. The fourth-order valence-corrected chi connectivity index (χ4v) is 2.37. The number of hydrogen-bond acceptors (Lipinski definition) is 2. The van der Waals surface area contributed by atoms with Crippen LogP contribution in [0.3, 0.4) is 0 Å². The summed E-state index contributed by atoms with van der Waals surface area (Å²) in [7, 11) is 0. The van der Waals surface area contributed by atoms with E-state index in [1.54, 1.807) is 12.2 Å². The summed E-state index contributed by atoms with van der Waals surface area (Å²) in [5.74, 6) is 0.713. The van der Waals surface area contributed by atoms with E-state index in [1.807, 2.05) is 31.2 Å². The highest BCUT2D eigenvalue weighted by Crippen LogP contribution is 2.29. The summed E-state index contributed by atoms with van der Waals surface area (Å²) < 4.78 is 18.9. The van der Waals surface area contributed by atoms with Crippen LogP contribution in [0.15, 0.2) is 36.4 Å². The molecule has 0 heterocycles. The number of hydrogen-bond donors (Lipinski definition) is 1. The van der Waals surface area contributed by atoms with Crippen molar-refractivity contribution < 1.29 is 14.2 Å². The molecule has 0 aliphatic heterocycles. The lowest BCUT2D eigenvalue weighted by Crippen LogP contribution is -2.15. The summed E-state index contributed by atoms with van der Waals surface area (Å²) >= 11 is 0. The van der Waals surface area contributed by atoms with E-state index < -0.39 is 12.3 Å². The van der Waals surface area contributed by atoms with E-state index in [1.165, 1.54) is 0 Å². The van der Waals surface area contributed by atoms with Gasteiger partial charge in [-0.15, -0.1) is 0 Å². The highest BCUT2D eigenvalue weighted by Gasteiger charge is 2.24. The van der Waals surface area contributed by atoms with E-state index in [4.69, 9.17) is 4.74 Å². The second-order valence-electron chi connectivity index (χ2n) is 5.19. The minimum atomic E-state index is -0.749. The van der Waals surface area contributed by atoms with Gasteiger partial charge < -0.3 is 9.84 Å². The van der Waals surface area contributed by atoms with Crippen molar-refractivity contribution in [2.24, 2.45) is 5.92 Å². The standard InChI is InChI=1S/C16H21FO2/c1-12-4-2-6-15(10-12)19-11-14(18)9-8-13-5-3-7-16(13)17/h2,4,6,8-10,13-14,16,18H,3,5,7,11H2,1H3/b9-8+. The smallest absolute Gasteiger partial charge is 0.119 e. The number of alkyl halides is 1. The molecule has 1 saturated carbocycles. The van der Waals surface area contributed by atoms with Crippen LogP contribution < -0.4 is 4.74 Å². The number of rotatable bonds is 5. The monoisotopic (exact) mass is 264 g/mol. The molecule has 1 fully saturated rings. The van der Waals surface area contributed by atoms with Crippen LogP contribution in [0, 0.1) is 12.8 Å². The predicted molar refractivity (Wildman–Crippen MR) is 74.1 cm³/mol. The van der Waals surface area contributed by atoms with E-state index in [0.29, 0.717) is 6.42 Å². The molecule has 2 nitrogen and oxygen atoms in total. The fourth-order valence-electron chi connectivity index (χ4n) is 2.37. The van der Waals surface area contributed by atoms with Crippen molar-refractivity contribution in [1.29, 1.82) is 0 Å². The molecule has 1 aromatic rings. The van der Waals surface area contributed by atoms with Gasteiger partial charge in [-0.3, -0.25) is 0 Å². The van der Waals surface area contributed by atoms with Crippen molar-refractivity contribution in [1.82, 2.24) is 0 Å². The van der Waals surface area contributed by atoms with Crippen molar-refractivity contribution in [3.63, 3.8) is 0 Å². The molecule has 0 radical (unpaired) electrons. The zero-order chi connectivity index (χ0) is 13.7. The zero-order valence-electron chi connectivity index (χ0n) is 11.3. The summed E-state index contributed by atoms with van der Waals surface area (Å²) in [5, 5.41) is 9.79. The van der Waals surface area contributed by atoms with Crippen molar-refractivity contribution in [3.05, 3.63) is 42.0 Å². The number of aryl methyl sites for hydroxylation is 1. The van der Waals surface area contributed by atoms with Crippen LogP contribution in [0.4, 0.5) is 4.39 Å². The summed E-state index contributed by atoms with van der Waals surface area (Å²) in [5.41, 5.74) is 1.12. The molecule has 19 heavy (non-hydrogen) atoms. The third-order valence-electron chi connectivity index (χ3n) is 3.47. The lowest BCUT2D eigenvalue weighted by Gasteiger charge is -2.11. The van der Waals surface area contributed by atoms with E-state index in [-0.39, 0.29) is 12.5 Å². The fraction of sp³-hybridized carbons (Fsp3) is 0.500. The SMILES string of the molecule is Cc1cccc(OCC(O)/C=C/C2CCCC2F)c1. The average molecular weight is 264 g/mol. The van der Waals surface area contributed by atoms with Gasteiger partial charge in [0.1, 0.15) is 24.6 Å². The molecule has 0 bridgehead atoms. The van der Waals surface area contributed by atoms with Gasteiger partial charge in [0.05, 0.1) is 0 Å². The molecule has 104 valence electrons. The molecule has 3 unspecified atom stereocenters. The van der Waals surface area contributed by atoms with Crippen LogP contribution in [0.2, 0.25) is 0 Å². The molecular weight excluding hydrogens is 243 g/mol. The molecule has 3 heteroatoms. The van der Waals surface area contributed by atoms with Crippen molar-refractivity contribution in [2.75, 3.05) is 6.61 Å². The Balaban J connectivity index is 1.78. The van der Waals surface area contributed by atoms with Gasteiger partial charge in [0.15, 0.2) is 0 Å². The van der Waals surface area contributed by atoms with Crippen molar-refractivity contribution >= 4 is 0 Å². The number of aliphatic hydroxyl groups is 1. The molecular formula is C16H21FO2. The van der Waals surface area contributed by atoms with Gasteiger partial charge in [-0.05, 0) is 43.9 Å². The van der Waals surface area contributed by atoms with Gasteiger partial charge in [-0.1, -0.05) is 24.3 Å². The van der Waals surface area contributed by atoms with E-state index in [2.05, 4.69) is 0 Å². The third-order valence-corrected chi connectivity index (χ3v) is 3.47. The lowest BCUT2D eigenvalue weighted by atomic mass is 10.1. The number of halogens is 1. The summed E-state index contributed by atoms with van der Waals surface area (Å²) in [6.45, 7) is 2.19. The van der Waals surface area contributed by atoms with Crippen LogP contribution in [-0.4, -0.2) is 24.0 Å². The minimum Gasteiger partial charge on any atom is -0.491 e. The Hall–Kier alpha value is -1.35. The number of benzene rings is 1. The van der Waals surface area contributed by atoms with Gasteiger partial charge in [-0.2, -0.15) is 0 Å². The van der Waals surface area contributed by atoms with Crippen LogP contribution in [-0.2, 0) is 0 Å². The highest BCUT2D eigenvalue weighted by atomic mass is 19.1. The second-order valence-corrected chi connectivity index (χ2v) is 5.19. The first-order chi connectivity index (χ1) is 9.15. The minimum absolute atomic E-state index is 0.0337. The van der Waals surface area contributed by atoms with Crippen molar-refractivity contribution in [3.8, 4) is 5.75 Å². The Morgan fingerprint density at radius 3 is 3.00 bits per heavy atom. The number of aliphatic hydroxyl groups excluding tert-OH is 1. The molecule has 2 rings (SSSR count). The number of allylic oxidation sites excluding steroid dienone is 1. The normalized spacial score (nSPS) is 24.8. The zero-order valence-corrected chi connectivity index (χ0v) is 11.3. The molecule has 0 spiro atoms. The first-order valence-electron chi connectivity index (χ1n) is 6.85. The van der Waals surface area contributed by atoms with E-state index in [9.17, 15) is 9.50 Å². The van der Waals surface area contributed by atoms with Crippen molar-refractivity contribution in [2.45, 2.75) is 38.5 Å².